The number of rotatable bonds is 6. The summed E-state index contributed by atoms with van der Waals surface area (Å²) >= 11 is 0. The van der Waals surface area contributed by atoms with Crippen LogP contribution in [0.25, 0.3) is 83.1 Å². The van der Waals surface area contributed by atoms with Crippen molar-refractivity contribution in [3.63, 3.8) is 0 Å². The molecular weight excluding hydrogens is 869 g/mol. The maximum atomic E-state index is 2.52. The second kappa shape index (κ2) is 15.3. The Kier molecular flexibility index (Phi) is 8.66. The second-order valence-electron chi connectivity index (χ2n) is 20.3. The van der Waals surface area contributed by atoms with Crippen LogP contribution in [0.15, 0.2) is 255 Å². The van der Waals surface area contributed by atoms with E-state index in [9.17, 15) is 0 Å². The normalized spacial score (nSPS) is 13.9. The highest BCUT2D eigenvalue weighted by molar-refractivity contribution is 6.13. The van der Waals surface area contributed by atoms with E-state index in [1.807, 2.05) is 0 Å². The maximum absolute atomic E-state index is 2.52. The summed E-state index contributed by atoms with van der Waals surface area (Å²) in [6, 6.07) is 95.2. The van der Waals surface area contributed by atoms with Crippen LogP contribution in [-0.4, -0.2) is 4.57 Å². The molecule has 11 aromatic carbocycles. The third kappa shape index (κ3) is 5.55. The Morgan fingerprint density at radius 3 is 1.53 bits per heavy atom. The van der Waals surface area contributed by atoms with Gasteiger partial charge >= 0.3 is 0 Å². The lowest BCUT2D eigenvalue weighted by molar-refractivity contribution is 0.661. The number of para-hydroxylation sites is 2. The van der Waals surface area contributed by atoms with Gasteiger partial charge in [0.05, 0.1) is 27.8 Å². The highest BCUT2D eigenvalue weighted by Crippen LogP contribution is 2.65. The Bertz CT molecular complexity index is 4130. The molecule has 338 valence electrons. The molecule has 2 heteroatoms. The smallest absolute Gasteiger partial charge is 0.0726 e. The molecule has 72 heavy (non-hydrogen) atoms. The van der Waals surface area contributed by atoms with Crippen molar-refractivity contribution in [1.82, 2.24) is 4.57 Å². The molecular formula is C70H48N2. The van der Waals surface area contributed by atoms with E-state index in [4.69, 9.17) is 0 Å². The van der Waals surface area contributed by atoms with Gasteiger partial charge in [-0.05, 0) is 139 Å². The fourth-order valence-electron chi connectivity index (χ4n) is 13.3. The van der Waals surface area contributed by atoms with Gasteiger partial charge in [0.15, 0.2) is 0 Å². The van der Waals surface area contributed by atoms with Crippen molar-refractivity contribution < 1.29 is 0 Å². The zero-order valence-electron chi connectivity index (χ0n) is 40.1. The van der Waals surface area contributed by atoms with E-state index in [1.54, 1.807) is 0 Å². The van der Waals surface area contributed by atoms with Crippen LogP contribution in [0.2, 0.25) is 0 Å². The Morgan fingerprint density at radius 2 is 0.833 bits per heavy atom. The number of fused-ring (bicyclic) bond motifs is 16. The molecule has 0 aliphatic heterocycles. The standard InChI is InChI=1S/C70H48N2/c1-69(2)58-29-14-9-27-53(58)55-43-57-56-42-47(38-41-65(56)72(67(57)44-63(55)69)48-22-7-4-8-23-48)45-36-39-49(40-37-45)71(64-34-18-13-24-50(64)46-20-5-3-6-21-46)66-35-19-33-62-68(66)54-28-12-17-32-61(54)70(62)59-30-15-10-25-51(59)52-26-11-16-31-60(52)70/h3-44H,1-2H3. The minimum absolute atomic E-state index is 0.0987. The fourth-order valence-corrected chi connectivity index (χ4v) is 13.3. The zero-order chi connectivity index (χ0) is 47.7. The lowest BCUT2D eigenvalue weighted by atomic mass is 9.70. The molecule has 0 fully saturated rings. The molecule has 1 heterocycles. The van der Waals surface area contributed by atoms with Crippen LogP contribution in [0.1, 0.15) is 47.2 Å². The number of anilines is 3. The topological polar surface area (TPSA) is 8.17 Å². The summed E-state index contributed by atoms with van der Waals surface area (Å²) in [6.45, 7) is 4.74. The van der Waals surface area contributed by atoms with Crippen LogP contribution >= 0.6 is 0 Å². The summed E-state index contributed by atoms with van der Waals surface area (Å²) in [5.41, 5.74) is 27.1. The molecule has 1 aromatic heterocycles. The molecule has 0 saturated carbocycles. The number of benzene rings is 11. The monoisotopic (exact) mass is 916 g/mol. The molecule has 15 rings (SSSR count). The minimum Gasteiger partial charge on any atom is -0.309 e. The largest absolute Gasteiger partial charge is 0.309 e. The average Bonchev–Trinajstić information content (AvgIpc) is 4.12. The summed E-state index contributed by atoms with van der Waals surface area (Å²) in [5, 5.41) is 2.52. The van der Waals surface area contributed by atoms with Gasteiger partial charge in [-0.1, -0.05) is 208 Å². The highest BCUT2D eigenvalue weighted by Gasteiger charge is 2.52. The van der Waals surface area contributed by atoms with E-state index < -0.39 is 5.41 Å². The average molecular weight is 917 g/mol. The first-order chi connectivity index (χ1) is 35.5. The predicted octanol–water partition coefficient (Wildman–Crippen LogP) is 18.2. The van der Waals surface area contributed by atoms with Gasteiger partial charge in [-0.3, -0.25) is 0 Å². The van der Waals surface area contributed by atoms with Gasteiger partial charge in [0.25, 0.3) is 0 Å². The maximum Gasteiger partial charge on any atom is 0.0726 e. The highest BCUT2D eigenvalue weighted by atomic mass is 15.1. The number of aromatic nitrogens is 1. The van der Waals surface area contributed by atoms with Crippen molar-refractivity contribution in [3.8, 4) is 61.3 Å². The first kappa shape index (κ1) is 40.9. The predicted molar refractivity (Wildman–Crippen MR) is 300 cm³/mol. The van der Waals surface area contributed by atoms with Gasteiger partial charge in [0.1, 0.15) is 0 Å². The molecule has 0 amide bonds. The number of nitrogens with zero attached hydrogens (tertiary/aromatic N) is 2. The molecule has 12 aromatic rings. The van der Waals surface area contributed by atoms with E-state index >= 15 is 0 Å². The van der Waals surface area contributed by atoms with Crippen LogP contribution in [-0.2, 0) is 10.8 Å². The number of hydrogen-bond donors (Lipinski definition) is 0. The molecule has 0 atom stereocenters. The van der Waals surface area contributed by atoms with E-state index in [-0.39, 0.29) is 5.41 Å². The molecule has 3 aliphatic rings. The Balaban J connectivity index is 0.928. The molecule has 1 spiro atoms. The van der Waals surface area contributed by atoms with E-state index in [2.05, 4.69) is 278 Å². The van der Waals surface area contributed by atoms with Crippen LogP contribution < -0.4 is 4.90 Å². The summed E-state index contributed by atoms with van der Waals surface area (Å²) < 4.78 is 2.46. The third-order valence-electron chi connectivity index (χ3n) is 16.4. The van der Waals surface area contributed by atoms with Crippen LogP contribution in [0, 0.1) is 0 Å². The quantitative estimate of drug-likeness (QED) is 0.161. The van der Waals surface area contributed by atoms with E-state index in [0.29, 0.717) is 0 Å². The molecule has 0 bridgehead atoms. The molecule has 2 nitrogen and oxygen atoms in total. The Morgan fingerprint density at radius 1 is 0.319 bits per heavy atom. The van der Waals surface area contributed by atoms with Crippen LogP contribution in [0.5, 0.6) is 0 Å². The molecule has 0 N–H and O–H groups in total. The molecule has 3 aliphatic carbocycles. The summed E-state index contributed by atoms with van der Waals surface area (Å²) in [6.07, 6.45) is 0. The van der Waals surface area contributed by atoms with Crippen LogP contribution in [0.3, 0.4) is 0 Å². The SMILES string of the molecule is CC1(C)c2ccccc2-c2cc3c4cc(-c5ccc(N(c6ccccc6-c6ccccc6)c6cccc7c6-c6ccccc6C76c7ccccc7-c7ccccc76)cc5)ccc4n(-c4ccccc4)c3cc21. The van der Waals surface area contributed by atoms with Crippen LogP contribution in [0.4, 0.5) is 17.1 Å². The summed E-state index contributed by atoms with van der Waals surface area (Å²) in [5.74, 6) is 0. The van der Waals surface area contributed by atoms with Gasteiger partial charge in [0.2, 0.25) is 0 Å². The molecule has 0 saturated heterocycles. The number of hydrogen-bond acceptors (Lipinski definition) is 1. The van der Waals surface area contributed by atoms with E-state index in [1.165, 1.54) is 117 Å². The summed E-state index contributed by atoms with van der Waals surface area (Å²) in [4.78, 5) is 2.52. The second-order valence-corrected chi connectivity index (χ2v) is 20.3. The van der Waals surface area contributed by atoms with Gasteiger partial charge in [-0.15, -0.1) is 0 Å². The van der Waals surface area contributed by atoms with Gasteiger partial charge in [0, 0.05) is 38.7 Å². The van der Waals surface area contributed by atoms with Gasteiger partial charge < -0.3 is 9.47 Å². The lowest BCUT2D eigenvalue weighted by Crippen LogP contribution is -2.26. The van der Waals surface area contributed by atoms with E-state index in [0.717, 1.165) is 17.1 Å². The fraction of sp³-hybridized carbons (Fsp3) is 0.0571. The first-order valence-corrected chi connectivity index (χ1v) is 25.3. The molecule has 0 unspecified atom stereocenters. The molecule has 0 radical (unpaired) electrons. The summed E-state index contributed by atoms with van der Waals surface area (Å²) in [7, 11) is 0. The zero-order valence-corrected chi connectivity index (χ0v) is 40.1. The van der Waals surface area contributed by atoms with Crippen molar-refractivity contribution >= 4 is 38.9 Å². The Hall–Kier alpha value is -8.98. The minimum atomic E-state index is -0.453. The van der Waals surface area contributed by atoms with Gasteiger partial charge in [-0.25, -0.2) is 0 Å². The third-order valence-corrected chi connectivity index (χ3v) is 16.4. The van der Waals surface area contributed by atoms with Crippen molar-refractivity contribution in [2.45, 2.75) is 24.7 Å². The van der Waals surface area contributed by atoms with Crippen molar-refractivity contribution in [2.24, 2.45) is 0 Å². The van der Waals surface area contributed by atoms with Gasteiger partial charge in [-0.2, -0.15) is 0 Å². The lowest BCUT2D eigenvalue weighted by Gasteiger charge is -2.32. The van der Waals surface area contributed by atoms with Crippen molar-refractivity contribution in [2.75, 3.05) is 4.90 Å². The van der Waals surface area contributed by atoms with Crippen molar-refractivity contribution in [1.29, 1.82) is 0 Å². The Labute approximate surface area is 420 Å². The first-order valence-electron chi connectivity index (χ1n) is 25.3. The van der Waals surface area contributed by atoms with Crippen molar-refractivity contribution in [3.05, 3.63) is 288 Å².